The minimum atomic E-state index is -2.64. The van der Waals surface area contributed by atoms with Crippen molar-refractivity contribution in [2.24, 2.45) is 0 Å². The van der Waals surface area contributed by atoms with Gasteiger partial charge in [-0.2, -0.15) is 5.10 Å². The minimum Gasteiger partial charge on any atom is -0.381 e. The van der Waals surface area contributed by atoms with Crippen LogP contribution < -0.4 is 4.90 Å². The molecule has 27 heavy (non-hydrogen) atoms. The molecule has 0 spiro atoms. The Labute approximate surface area is 160 Å². The summed E-state index contributed by atoms with van der Waals surface area (Å²) >= 11 is 5.90. The van der Waals surface area contributed by atoms with Gasteiger partial charge in [-0.1, -0.05) is 11.6 Å². The summed E-state index contributed by atoms with van der Waals surface area (Å²) in [5, 5.41) is 5.74. The van der Waals surface area contributed by atoms with E-state index in [9.17, 15) is 8.78 Å². The van der Waals surface area contributed by atoms with E-state index in [1.54, 1.807) is 23.4 Å². The number of aromatic nitrogens is 3. The molecule has 0 aliphatic carbocycles. The summed E-state index contributed by atoms with van der Waals surface area (Å²) in [6, 6.07) is 6.78. The van der Waals surface area contributed by atoms with Gasteiger partial charge in [-0.25, -0.2) is 8.78 Å². The zero-order valence-corrected chi connectivity index (χ0v) is 15.5. The summed E-state index contributed by atoms with van der Waals surface area (Å²) in [5.74, 6) is 0.673. The fourth-order valence-electron chi connectivity index (χ4n) is 3.45. The smallest absolute Gasteiger partial charge is 0.265 e. The highest BCUT2D eigenvalue weighted by Gasteiger charge is 2.23. The van der Waals surface area contributed by atoms with E-state index in [0.717, 1.165) is 23.7 Å². The van der Waals surface area contributed by atoms with Gasteiger partial charge in [0, 0.05) is 48.9 Å². The van der Waals surface area contributed by atoms with Crippen molar-refractivity contribution in [1.29, 1.82) is 0 Å². The molecule has 4 rings (SSSR count). The van der Waals surface area contributed by atoms with Crippen molar-refractivity contribution in [1.82, 2.24) is 14.8 Å². The number of fused-ring (bicyclic) bond motifs is 1. The van der Waals surface area contributed by atoms with Gasteiger partial charge in [0.1, 0.15) is 0 Å². The van der Waals surface area contributed by atoms with Crippen LogP contribution in [0.4, 0.5) is 20.3 Å². The number of hydrogen-bond donors (Lipinski definition) is 0. The fraction of sp³-hybridized carbons (Fsp3) is 0.368. The van der Waals surface area contributed by atoms with Crippen molar-refractivity contribution in [3.8, 4) is 0 Å². The molecule has 1 fully saturated rings. The lowest BCUT2D eigenvalue weighted by Gasteiger charge is -2.23. The Balaban J connectivity index is 1.78. The lowest BCUT2D eigenvalue weighted by atomic mass is 10.1. The fourth-order valence-corrected chi connectivity index (χ4v) is 3.65. The number of alkyl halides is 2. The van der Waals surface area contributed by atoms with Gasteiger partial charge >= 0.3 is 0 Å². The molecule has 0 bridgehead atoms. The molecule has 5 nitrogen and oxygen atoms in total. The maximum atomic E-state index is 13.2. The maximum absolute atomic E-state index is 13.2. The number of hydrogen-bond acceptors (Lipinski definition) is 4. The molecule has 1 aliphatic rings. The number of pyridine rings is 1. The van der Waals surface area contributed by atoms with Crippen LogP contribution in [-0.2, 0) is 4.74 Å². The Morgan fingerprint density at radius 2 is 2.04 bits per heavy atom. The molecule has 1 aromatic carbocycles. The van der Waals surface area contributed by atoms with E-state index in [0.29, 0.717) is 24.7 Å². The molecule has 3 heterocycles. The summed E-state index contributed by atoms with van der Waals surface area (Å²) in [4.78, 5) is 6.02. The van der Waals surface area contributed by atoms with E-state index < -0.39 is 6.43 Å². The molecular weight excluding hydrogens is 374 g/mol. The van der Waals surface area contributed by atoms with Gasteiger partial charge in [-0.05, 0) is 37.1 Å². The summed E-state index contributed by atoms with van der Waals surface area (Å²) in [7, 11) is 1.81. The lowest BCUT2D eigenvalue weighted by Crippen LogP contribution is -2.21. The average molecular weight is 393 g/mol. The molecule has 0 unspecified atom stereocenters. The predicted molar refractivity (Wildman–Crippen MR) is 101 cm³/mol. The first kappa shape index (κ1) is 18.1. The van der Waals surface area contributed by atoms with Crippen molar-refractivity contribution < 1.29 is 13.5 Å². The number of anilines is 2. The molecule has 0 radical (unpaired) electrons. The topological polar surface area (TPSA) is 43.2 Å². The Bertz CT molecular complexity index is 956. The van der Waals surface area contributed by atoms with Gasteiger partial charge in [0.15, 0.2) is 5.82 Å². The summed E-state index contributed by atoms with van der Waals surface area (Å²) in [5.41, 5.74) is 1.38. The third-order valence-electron chi connectivity index (χ3n) is 4.94. The van der Waals surface area contributed by atoms with Crippen LogP contribution >= 0.6 is 11.6 Å². The molecule has 8 heteroatoms. The van der Waals surface area contributed by atoms with E-state index in [1.807, 2.05) is 17.8 Å². The molecule has 0 N–H and O–H groups in total. The SMILES string of the molecule is CN(c1ccc(Cl)c(C(F)F)c1)c1nn(C2CCOCC2)c2ccncc12. The van der Waals surface area contributed by atoms with Gasteiger partial charge in [-0.3, -0.25) is 9.67 Å². The lowest BCUT2D eigenvalue weighted by molar-refractivity contribution is 0.0675. The Kier molecular flexibility index (Phi) is 4.97. The Morgan fingerprint density at radius 3 is 2.78 bits per heavy atom. The molecule has 0 amide bonds. The zero-order chi connectivity index (χ0) is 19.0. The standard InChI is InChI=1S/C19H19ClF2N4O/c1-25(13-2-3-16(20)14(10-13)18(21)22)19-15-11-23-7-4-17(15)26(24-19)12-5-8-27-9-6-12/h2-4,7,10-12,18H,5-6,8-9H2,1H3. The highest BCUT2D eigenvalue weighted by Crippen LogP contribution is 2.36. The van der Waals surface area contributed by atoms with Crippen LogP contribution in [0.2, 0.25) is 5.02 Å². The molecule has 2 aromatic heterocycles. The van der Waals surface area contributed by atoms with Crippen molar-refractivity contribution in [3.63, 3.8) is 0 Å². The Morgan fingerprint density at radius 1 is 1.26 bits per heavy atom. The quantitative estimate of drug-likeness (QED) is 0.616. The van der Waals surface area contributed by atoms with E-state index in [-0.39, 0.29) is 16.6 Å². The monoisotopic (exact) mass is 392 g/mol. The average Bonchev–Trinajstić information content (AvgIpc) is 3.08. The number of rotatable bonds is 4. The van der Waals surface area contributed by atoms with Crippen molar-refractivity contribution in [3.05, 3.63) is 47.2 Å². The van der Waals surface area contributed by atoms with Crippen molar-refractivity contribution >= 4 is 34.0 Å². The van der Waals surface area contributed by atoms with E-state index >= 15 is 0 Å². The second kappa shape index (κ2) is 7.40. The zero-order valence-electron chi connectivity index (χ0n) is 14.8. The van der Waals surface area contributed by atoms with Crippen molar-refractivity contribution in [2.75, 3.05) is 25.2 Å². The van der Waals surface area contributed by atoms with Crippen molar-refractivity contribution in [2.45, 2.75) is 25.3 Å². The molecule has 3 aromatic rings. The van der Waals surface area contributed by atoms with Crippen LogP contribution in [0.15, 0.2) is 36.7 Å². The first-order valence-corrected chi connectivity index (χ1v) is 9.15. The number of ether oxygens (including phenoxy) is 1. The van der Waals surface area contributed by atoms with Gasteiger partial charge in [0.25, 0.3) is 6.43 Å². The third-order valence-corrected chi connectivity index (χ3v) is 5.29. The second-order valence-electron chi connectivity index (χ2n) is 6.57. The highest BCUT2D eigenvalue weighted by molar-refractivity contribution is 6.31. The van der Waals surface area contributed by atoms with Crippen LogP contribution in [0.1, 0.15) is 30.9 Å². The second-order valence-corrected chi connectivity index (χ2v) is 6.98. The van der Waals surface area contributed by atoms with Crippen LogP contribution in [0, 0.1) is 0 Å². The summed E-state index contributed by atoms with van der Waals surface area (Å²) in [6.45, 7) is 1.41. The molecule has 142 valence electrons. The molecule has 1 aliphatic heterocycles. The van der Waals surface area contributed by atoms with Crippen LogP contribution in [-0.4, -0.2) is 35.0 Å². The number of benzene rings is 1. The van der Waals surface area contributed by atoms with Gasteiger partial charge in [0.05, 0.1) is 16.9 Å². The maximum Gasteiger partial charge on any atom is 0.265 e. The predicted octanol–water partition coefficient (Wildman–Crippen LogP) is 5.14. The van der Waals surface area contributed by atoms with E-state index in [2.05, 4.69) is 4.98 Å². The minimum absolute atomic E-state index is 0.0569. The first-order valence-electron chi connectivity index (χ1n) is 8.77. The van der Waals surface area contributed by atoms with E-state index in [4.69, 9.17) is 21.4 Å². The summed E-state index contributed by atoms with van der Waals surface area (Å²) in [6.07, 6.45) is 2.63. The van der Waals surface area contributed by atoms with E-state index in [1.165, 1.54) is 12.1 Å². The number of halogens is 3. The molecule has 0 atom stereocenters. The van der Waals surface area contributed by atoms with Crippen LogP contribution in [0.5, 0.6) is 0 Å². The summed E-state index contributed by atoms with van der Waals surface area (Å²) < 4.78 is 33.9. The van der Waals surface area contributed by atoms with Gasteiger partial charge < -0.3 is 9.64 Å². The Hall–Kier alpha value is -2.25. The number of nitrogens with zero attached hydrogens (tertiary/aromatic N) is 4. The largest absolute Gasteiger partial charge is 0.381 e. The first-order chi connectivity index (χ1) is 13.1. The molecule has 0 saturated carbocycles. The highest BCUT2D eigenvalue weighted by atomic mass is 35.5. The normalized spacial score (nSPS) is 15.6. The van der Waals surface area contributed by atoms with Crippen LogP contribution in [0.25, 0.3) is 10.9 Å². The molecular formula is C19H19ClF2N4O. The van der Waals surface area contributed by atoms with Gasteiger partial charge in [-0.15, -0.1) is 0 Å². The van der Waals surface area contributed by atoms with Crippen LogP contribution in [0.3, 0.4) is 0 Å². The molecule has 1 saturated heterocycles. The third kappa shape index (κ3) is 3.37. The van der Waals surface area contributed by atoms with Gasteiger partial charge in [0.2, 0.25) is 0 Å².